The van der Waals surface area contributed by atoms with E-state index < -0.39 is 53.7 Å². The zero-order valence-electron chi connectivity index (χ0n) is 19.0. The molecule has 3 atom stereocenters. The summed E-state index contributed by atoms with van der Waals surface area (Å²) < 4.78 is 0. The summed E-state index contributed by atoms with van der Waals surface area (Å²) in [5.41, 5.74) is -0.347. The Kier molecular flexibility index (Phi) is 9.83. The highest BCUT2D eigenvalue weighted by atomic mass is 16.4. The molecule has 0 aliphatic heterocycles. The number of benzene rings is 1. The van der Waals surface area contributed by atoms with Crippen LogP contribution in [0.5, 0.6) is 0 Å². The van der Waals surface area contributed by atoms with Gasteiger partial charge in [-0.25, -0.2) is 0 Å². The lowest BCUT2D eigenvalue weighted by atomic mass is 9.88. The molecule has 0 radical (unpaired) electrons. The first-order chi connectivity index (χ1) is 14.9. The first-order valence-electron chi connectivity index (χ1n) is 10.3. The predicted octanol–water partition coefficient (Wildman–Crippen LogP) is -0.0298. The number of hydrogen-bond acceptors (Lipinski definition) is 5. The molecule has 0 spiro atoms. The Hall–Kier alpha value is -3.43. The summed E-state index contributed by atoms with van der Waals surface area (Å²) in [7, 11) is 1.47. The highest BCUT2D eigenvalue weighted by molar-refractivity contribution is 5.95. The van der Waals surface area contributed by atoms with Crippen LogP contribution in [-0.4, -0.2) is 59.9 Å². The highest BCUT2D eigenvalue weighted by Gasteiger charge is 2.33. The van der Waals surface area contributed by atoms with Crippen molar-refractivity contribution in [2.45, 2.75) is 58.7 Å². The Morgan fingerprint density at radius 1 is 0.875 bits per heavy atom. The van der Waals surface area contributed by atoms with Crippen molar-refractivity contribution in [3.8, 4) is 0 Å². The van der Waals surface area contributed by atoms with E-state index in [1.165, 1.54) is 34.7 Å². The summed E-state index contributed by atoms with van der Waals surface area (Å²) in [4.78, 5) is 60.4. The zero-order chi connectivity index (χ0) is 24.5. The van der Waals surface area contributed by atoms with Gasteiger partial charge in [-0.3, -0.25) is 24.0 Å². The molecule has 32 heavy (non-hydrogen) atoms. The van der Waals surface area contributed by atoms with Crippen LogP contribution in [0.25, 0.3) is 0 Å². The first-order valence-corrected chi connectivity index (χ1v) is 10.3. The first kappa shape index (κ1) is 26.6. The van der Waals surface area contributed by atoms with Gasteiger partial charge in [0.2, 0.25) is 23.6 Å². The third-order valence-electron chi connectivity index (χ3n) is 4.86. The molecule has 4 amide bonds. The number of carboxylic acid groups (broad SMARTS) is 1. The van der Waals surface area contributed by atoms with Crippen LogP contribution in [0.2, 0.25) is 0 Å². The van der Waals surface area contributed by atoms with Gasteiger partial charge in [-0.1, -0.05) is 44.2 Å². The molecule has 0 fully saturated rings. The topological polar surface area (TPSA) is 154 Å². The van der Waals surface area contributed by atoms with Gasteiger partial charge >= 0.3 is 5.97 Å². The highest BCUT2D eigenvalue weighted by Crippen LogP contribution is 2.20. The minimum Gasteiger partial charge on any atom is -0.481 e. The minimum absolute atomic E-state index is 0.276. The number of aliphatic carboxylic acids is 1. The lowest BCUT2D eigenvalue weighted by molar-refractivity contribution is -0.144. The normalized spacial score (nSPS) is 13.8. The molecule has 0 bridgehead atoms. The Morgan fingerprint density at radius 2 is 1.41 bits per heavy atom. The summed E-state index contributed by atoms with van der Waals surface area (Å²) >= 11 is 0. The Labute approximate surface area is 187 Å². The van der Waals surface area contributed by atoms with E-state index in [9.17, 15) is 24.0 Å². The van der Waals surface area contributed by atoms with E-state index in [0.29, 0.717) is 0 Å². The molecule has 176 valence electrons. The van der Waals surface area contributed by atoms with Crippen LogP contribution in [0, 0.1) is 5.41 Å². The molecule has 0 aliphatic rings. The summed E-state index contributed by atoms with van der Waals surface area (Å²) in [6.45, 7) is 5.81. The maximum absolute atomic E-state index is 12.6. The van der Waals surface area contributed by atoms with Crippen molar-refractivity contribution in [2.75, 3.05) is 7.05 Å². The minimum atomic E-state index is -1.21. The van der Waals surface area contributed by atoms with Crippen molar-refractivity contribution in [3.63, 3.8) is 0 Å². The van der Waals surface area contributed by atoms with E-state index in [-0.39, 0.29) is 12.3 Å². The largest absolute Gasteiger partial charge is 0.481 e. The smallest absolute Gasteiger partial charge is 0.304 e. The van der Waals surface area contributed by atoms with E-state index in [1.54, 1.807) is 0 Å². The number of rotatable bonds is 11. The van der Waals surface area contributed by atoms with E-state index in [2.05, 4.69) is 21.3 Å². The van der Waals surface area contributed by atoms with Crippen molar-refractivity contribution < 1.29 is 29.1 Å². The zero-order valence-corrected chi connectivity index (χ0v) is 19.0. The monoisotopic (exact) mass is 448 g/mol. The maximum Gasteiger partial charge on any atom is 0.304 e. The maximum atomic E-state index is 12.6. The van der Waals surface area contributed by atoms with Crippen LogP contribution in [0.3, 0.4) is 0 Å². The lowest BCUT2D eigenvalue weighted by Crippen LogP contribution is -2.56. The number of amides is 4. The summed E-state index contributed by atoms with van der Waals surface area (Å²) in [5, 5.41) is 19.0. The van der Waals surface area contributed by atoms with Gasteiger partial charge in [0.05, 0.1) is 11.8 Å². The van der Waals surface area contributed by atoms with Gasteiger partial charge in [0.15, 0.2) is 0 Å². The Balaban J connectivity index is 2.70. The fourth-order valence-electron chi connectivity index (χ4n) is 2.85. The van der Waals surface area contributed by atoms with Crippen molar-refractivity contribution in [1.82, 2.24) is 21.3 Å². The third-order valence-corrected chi connectivity index (χ3v) is 4.86. The second-order valence-electron chi connectivity index (χ2n) is 8.24. The fourth-order valence-corrected chi connectivity index (χ4v) is 2.85. The Bertz CT molecular complexity index is 840. The van der Waals surface area contributed by atoms with Crippen LogP contribution in [0.15, 0.2) is 30.3 Å². The summed E-state index contributed by atoms with van der Waals surface area (Å²) in [5.74, 6) is -3.28. The van der Waals surface area contributed by atoms with E-state index in [0.717, 1.165) is 5.56 Å². The van der Waals surface area contributed by atoms with Crippen LogP contribution < -0.4 is 21.3 Å². The number of carbonyl (C=O) groups excluding carboxylic acids is 4. The van der Waals surface area contributed by atoms with Crippen molar-refractivity contribution in [1.29, 1.82) is 0 Å². The van der Waals surface area contributed by atoms with Gasteiger partial charge in [-0.2, -0.15) is 0 Å². The molecular formula is C22H32N4O6. The standard InChI is InChI=1S/C22H32N4O6/c1-13(24-18(29)14(2)25-21(32)22(3,4)12-17(27)28)19(30)26-16(20(31)23-5)11-15-9-7-6-8-10-15/h6-10,13-14,16H,11-12H2,1-5H3,(H,23,31)(H,24,29)(H,25,32)(H,26,30)(H,27,28)/t13-,14-,16-/m0/s1. The predicted molar refractivity (Wildman–Crippen MR) is 117 cm³/mol. The molecule has 0 aliphatic carbocycles. The number of hydrogen-bond donors (Lipinski definition) is 5. The molecule has 5 N–H and O–H groups in total. The molecule has 1 rings (SSSR count). The van der Waals surface area contributed by atoms with Gasteiger partial charge in [-0.05, 0) is 19.4 Å². The molecule has 0 unspecified atom stereocenters. The second kappa shape index (κ2) is 11.8. The van der Waals surface area contributed by atoms with E-state index in [1.807, 2.05) is 30.3 Å². The van der Waals surface area contributed by atoms with Crippen LogP contribution >= 0.6 is 0 Å². The van der Waals surface area contributed by atoms with E-state index in [4.69, 9.17) is 5.11 Å². The van der Waals surface area contributed by atoms with Crippen molar-refractivity contribution >= 4 is 29.6 Å². The van der Waals surface area contributed by atoms with Crippen LogP contribution in [0.1, 0.15) is 39.7 Å². The molecule has 0 aromatic heterocycles. The molecule has 0 saturated carbocycles. The van der Waals surface area contributed by atoms with Crippen LogP contribution in [0.4, 0.5) is 0 Å². The second-order valence-corrected chi connectivity index (χ2v) is 8.24. The molecule has 10 nitrogen and oxygen atoms in total. The van der Waals surface area contributed by atoms with Gasteiger partial charge in [-0.15, -0.1) is 0 Å². The molecule has 10 heteroatoms. The third kappa shape index (κ3) is 8.37. The molecule has 1 aromatic carbocycles. The quantitative estimate of drug-likeness (QED) is 0.320. The number of likely N-dealkylation sites (N-methyl/N-ethyl adjacent to an activating group) is 1. The Morgan fingerprint density at radius 3 is 1.94 bits per heavy atom. The summed E-state index contributed by atoms with van der Waals surface area (Å²) in [6, 6.07) is 6.37. The van der Waals surface area contributed by atoms with Crippen LogP contribution in [-0.2, 0) is 30.4 Å². The van der Waals surface area contributed by atoms with Crippen molar-refractivity contribution in [3.05, 3.63) is 35.9 Å². The number of nitrogens with one attached hydrogen (secondary N) is 4. The molecule has 0 heterocycles. The van der Waals surface area contributed by atoms with Gasteiger partial charge in [0, 0.05) is 13.5 Å². The molecule has 1 aromatic rings. The molecular weight excluding hydrogens is 416 g/mol. The fraction of sp³-hybridized carbons (Fsp3) is 0.500. The van der Waals surface area contributed by atoms with E-state index >= 15 is 0 Å². The van der Waals surface area contributed by atoms with Gasteiger partial charge < -0.3 is 26.4 Å². The average molecular weight is 449 g/mol. The number of carboxylic acids is 1. The van der Waals surface area contributed by atoms with Gasteiger partial charge in [0.1, 0.15) is 18.1 Å². The lowest BCUT2D eigenvalue weighted by Gasteiger charge is -2.25. The summed E-state index contributed by atoms with van der Waals surface area (Å²) in [6.07, 6.45) is -0.119. The SMILES string of the molecule is CNC(=O)[C@H](Cc1ccccc1)NC(=O)[C@H](C)NC(=O)[C@H](C)NC(=O)C(C)(C)CC(=O)O. The average Bonchev–Trinajstić information content (AvgIpc) is 2.72. The molecule has 0 saturated heterocycles. The van der Waals surface area contributed by atoms with Gasteiger partial charge in [0.25, 0.3) is 0 Å². The van der Waals surface area contributed by atoms with Crippen molar-refractivity contribution in [2.24, 2.45) is 5.41 Å². The number of carbonyl (C=O) groups is 5.